The first kappa shape index (κ1) is 17.1. The molecule has 0 unspecified atom stereocenters. The number of aryl methyl sites for hydroxylation is 1. The lowest BCUT2D eigenvalue weighted by Crippen LogP contribution is -2.33. The number of hydrogen-bond acceptors (Lipinski definition) is 4. The minimum atomic E-state index is -0.470. The fourth-order valence-electron chi connectivity index (χ4n) is 1.82. The molecule has 0 saturated heterocycles. The second kappa shape index (κ2) is 7.34. The van der Waals surface area contributed by atoms with E-state index >= 15 is 0 Å². The number of halogens is 2. The minimum Gasteiger partial charge on any atom is -0.479 e. The van der Waals surface area contributed by atoms with Gasteiger partial charge in [-0.05, 0) is 18.2 Å². The summed E-state index contributed by atoms with van der Waals surface area (Å²) in [4.78, 5) is 23.9. The molecule has 0 bridgehead atoms. The Morgan fingerprint density at radius 1 is 1.35 bits per heavy atom. The zero-order chi connectivity index (χ0) is 17.0. The van der Waals surface area contributed by atoms with Gasteiger partial charge in [0, 0.05) is 18.3 Å². The van der Waals surface area contributed by atoms with Crippen molar-refractivity contribution in [3.63, 3.8) is 0 Å². The molecule has 9 heteroatoms. The van der Waals surface area contributed by atoms with Crippen molar-refractivity contribution in [1.29, 1.82) is 0 Å². The van der Waals surface area contributed by atoms with Crippen molar-refractivity contribution in [2.75, 3.05) is 19.0 Å². The number of ether oxygens (including phenoxy) is 1. The highest BCUT2D eigenvalue weighted by Crippen LogP contribution is 2.25. The maximum atomic E-state index is 12.0. The van der Waals surface area contributed by atoms with E-state index in [0.717, 1.165) is 0 Å². The zero-order valence-electron chi connectivity index (χ0n) is 12.4. The molecule has 122 valence electrons. The summed E-state index contributed by atoms with van der Waals surface area (Å²) in [6, 6.07) is 4.70. The molecule has 0 spiro atoms. The maximum Gasteiger partial charge on any atom is 0.258 e. The molecule has 1 heterocycles. The molecular formula is C14H14Cl2N4O3. The highest BCUT2D eigenvalue weighted by atomic mass is 35.5. The van der Waals surface area contributed by atoms with Gasteiger partial charge in [0.2, 0.25) is 11.8 Å². The van der Waals surface area contributed by atoms with Crippen LogP contribution < -0.4 is 15.4 Å². The van der Waals surface area contributed by atoms with E-state index in [4.69, 9.17) is 27.9 Å². The van der Waals surface area contributed by atoms with Crippen LogP contribution in [0.5, 0.6) is 5.88 Å². The summed E-state index contributed by atoms with van der Waals surface area (Å²) in [5.74, 6) is -0.726. The predicted molar refractivity (Wildman–Crippen MR) is 87.2 cm³/mol. The number of hydrogen-bond donors (Lipinski definition) is 2. The van der Waals surface area contributed by atoms with Gasteiger partial charge in [-0.25, -0.2) is 0 Å². The molecule has 0 fully saturated rings. The molecular weight excluding hydrogens is 343 g/mol. The van der Waals surface area contributed by atoms with Crippen LogP contribution in [0.3, 0.4) is 0 Å². The van der Waals surface area contributed by atoms with Gasteiger partial charge >= 0.3 is 0 Å². The average Bonchev–Trinajstić information content (AvgIpc) is 2.89. The summed E-state index contributed by atoms with van der Waals surface area (Å²) < 4.78 is 6.44. The molecule has 23 heavy (non-hydrogen) atoms. The van der Waals surface area contributed by atoms with Crippen molar-refractivity contribution in [1.82, 2.24) is 15.1 Å². The Morgan fingerprint density at radius 3 is 2.78 bits per heavy atom. The molecule has 2 N–H and O–H groups in total. The monoisotopic (exact) mass is 356 g/mol. The summed E-state index contributed by atoms with van der Waals surface area (Å²) in [5.41, 5.74) is 0.612. The number of benzene rings is 1. The molecule has 2 amide bonds. The summed E-state index contributed by atoms with van der Waals surface area (Å²) in [6.07, 6.45) is 1.50. The Balaban J connectivity index is 1.96. The van der Waals surface area contributed by atoms with Crippen molar-refractivity contribution >= 4 is 40.7 Å². The third-order valence-electron chi connectivity index (χ3n) is 2.84. The Hall–Kier alpha value is -2.25. The van der Waals surface area contributed by atoms with Gasteiger partial charge in [-0.1, -0.05) is 23.2 Å². The quantitative estimate of drug-likeness (QED) is 0.858. The van der Waals surface area contributed by atoms with Crippen LogP contribution in [0.4, 0.5) is 5.69 Å². The molecule has 0 aliphatic rings. The molecule has 2 aromatic rings. The topological polar surface area (TPSA) is 85.2 Å². The lowest BCUT2D eigenvalue weighted by Gasteiger charge is -2.08. The van der Waals surface area contributed by atoms with Gasteiger partial charge in [0.15, 0.2) is 0 Å². The van der Waals surface area contributed by atoms with Crippen molar-refractivity contribution in [2.45, 2.75) is 0 Å². The van der Waals surface area contributed by atoms with Gasteiger partial charge in [0.1, 0.15) is 5.56 Å². The summed E-state index contributed by atoms with van der Waals surface area (Å²) in [7, 11) is 3.07. The fraction of sp³-hybridized carbons (Fsp3) is 0.214. The largest absolute Gasteiger partial charge is 0.479 e. The summed E-state index contributed by atoms with van der Waals surface area (Å²) in [6.45, 7) is -0.236. The number of rotatable bonds is 5. The number of nitrogens with zero attached hydrogens (tertiary/aromatic N) is 2. The molecule has 1 aromatic carbocycles. The van der Waals surface area contributed by atoms with Crippen molar-refractivity contribution in [3.05, 3.63) is 40.0 Å². The number of carbonyl (C=O) groups excluding carboxylic acids is 2. The number of carbonyl (C=O) groups is 2. The third-order valence-corrected chi connectivity index (χ3v) is 3.41. The van der Waals surface area contributed by atoms with Gasteiger partial charge in [-0.15, -0.1) is 5.10 Å². The molecule has 2 rings (SSSR count). The van der Waals surface area contributed by atoms with E-state index in [1.54, 1.807) is 19.2 Å². The van der Waals surface area contributed by atoms with E-state index in [2.05, 4.69) is 15.7 Å². The Morgan fingerprint density at radius 2 is 2.09 bits per heavy atom. The number of methoxy groups -OCH3 is 1. The van der Waals surface area contributed by atoms with Crippen LogP contribution in [0, 0.1) is 0 Å². The van der Waals surface area contributed by atoms with E-state index in [-0.39, 0.29) is 18.0 Å². The van der Waals surface area contributed by atoms with Crippen molar-refractivity contribution < 1.29 is 14.3 Å². The van der Waals surface area contributed by atoms with Crippen LogP contribution in [0.15, 0.2) is 24.4 Å². The average molecular weight is 357 g/mol. The molecule has 0 radical (unpaired) electrons. The van der Waals surface area contributed by atoms with Crippen LogP contribution in [0.25, 0.3) is 0 Å². The number of amides is 2. The van der Waals surface area contributed by atoms with Crippen LogP contribution in [-0.4, -0.2) is 35.2 Å². The van der Waals surface area contributed by atoms with Gasteiger partial charge in [-0.3, -0.25) is 14.3 Å². The molecule has 0 aliphatic heterocycles. The third kappa shape index (κ3) is 4.37. The lowest BCUT2D eigenvalue weighted by molar-refractivity contribution is -0.115. The molecule has 1 aromatic heterocycles. The molecule has 0 saturated carbocycles. The van der Waals surface area contributed by atoms with Crippen molar-refractivity contribution in [3.8, 4) is 5.88 Å². The highest BCUT2D eigenvalue weighted by molar-refractivity contribution is 6.35. The van der Waals surface area contributed by atoms with Crippen molar-refractivity contribution in [2.24, 2.45) is 7.05 Å². The number of aromatic nitrogens is 2. The van der Waals surface area contributed by atoms with Crippen LogP contribution in [0.1, 0.15) is 10.4 Å². The van der Waals surface area contributed by atoms with Gasteiger partial charge in [-0.2, -0.15) is 0 Å². The van der Waals surface area contributed by atoms with Crippen LogP contribution in [0.2, 0.25) is 10.0 Å². The summed E-state index contributed by atoms with van der Waals surface area (Å²) in [5, 5.41) is 9.81. The van der Waals surface area contributed by atoms with Gasteiger partial charge < -0.3 is 15.4 Å². The fourth-order valence-corrected chi connectivity index (χ4v) is 2.15. The first-order valence-corrected chi connectivity index (χ1v) is 7.27. The Kier molecular flexibility index (Phi) is 5.46. The number of anilines is 1. The predicted octanol–water partition coefficient (Wildman–Crippen LogP) is 2.10. The van der Waals surface area contributed by atoms with Gasteiger partial charge in [0.05, 0.1) is 24.4 Å². The van der Waals surface area contributed by atoms with E-state index < -0.39 is 11.8 Å². The maximum absolute atomic E-state index is 12.0. The molecule has 0 atom stereocenters. The lowest BCUT2D eigenvalue weighted by atomic mass is 10.3. The second-order valence-corrected chi connectivity index (χ2v) is 5.42. The first-order valence-electron chi connectivity index (χ1n) is 6.51. The normalized spacial score (nSPS) is 10.3. The summed E-state index contributed by atoms with van der Waals surface area (Å²) >= 11 is 11.8. The molecule has 0 aliphatic carbocycles. The van der Waals surface area contributed by atoms with E-state index in [1.807, 2.05) is 0 Å². The first-order chi connectivity index (χ1) is 10.9. The van der Waals surface area contributed by atoms with Crippen LogP contribution in [-0.2, 0) is 11.8 Å². The van der Waals surface area contributed by atoms with E-state index in [1.165, 1.54) is 24.1 Å². The Bertz CT molecular complexity index is 746. The molecule has 7 nitrogen and oxygen atoms in total. The smallest absolute Gasteiger partial charge is 0.258 e. The zero-order valence-corrected chi connectivity index (χ0v) is 13.9. The number of nitrogens with one attached hydrogen (secondary N) is 2. The second-order valence-electron chi connectivity index (χ2n) is 4.58. The Labute approximate surface area is 142 Å². The standard InChI is InChI=1S/C14H14Cl2N4O3/c1-20-7-9(14(19-20)23-2)13(22)17-6-12(21)18-11-5-8(15)3-4-10(11)16/h3-5,7H,6H2,1-2H3,(H,17,22)(H,18,21). The highest BCUT2D eigenvalue weighted by Gasteiger charge is 2.17. The minimum absolute atomic E-state index is 0.184. The van der Waals surface area contributed by atoms with Gasteiger partial charge in [0.25, 0.3) is 5.91 Å². The van der Waals surface area contributed by atoms with E-state index in [0.29, 0.717) is 15.7 Å². The van der Waals surface area contributed by atoms with Crippen LogP contribution >= 0.6 is 23.2 Å². The van der Waals surface area contributed by atoms with E-state index in [9.17, 15) is 9.59 Å². The SMILES string of the molecule is COc1nn(C)cc1C(=O)NCC(=O)Nc1cc(Cl)ccc1Cl.